The summed E-state index contributed by atoms with van der Waals surface area (Å²) in [7, 11) is 1.86. The second kappa shape index (κ2) is 7.71. The van der Waals surface area contributed by atoms with Gasteiger partial charge in [-0.05, 0) is 38.8 Å². The van der Waals surface area contributed by atoms with Crippen LogP contribution in [0.4, 0.5) is 0 Å². The lowest BCUT2D eigenvalue weighted by molar-refractivity contribution is -0.130. The summed E-state index contributed by atoms with van der Waals surface area (Å²) in [6.45, 7) is 5.89. The van der Waals surface area contributed by atoms with Crippen LogP contribution in [0.25, 0.3) is 0 Å². The molecule has 1 unspecified atom stereocenters. The number of carbonyl (C=O) groups excluding carboxylic acids is 1. The molecule has 3 N–H and O–H groups in total. The molecule has 0 aromatic heterocycles. The Hall–Kier alpha value is -0.650. The van der Waals surface area contributed by atoms with Gasteiger partial charge in [0.1, 0.15) is 0 Å². The van der Waals surface area contributed by atoms with Crippen molar-refractivity contribution in [3.8, 4) is 0 Å². The normalized spacial score (nSPS) is 19.8. The van der Waals surface area contributed by atoms with Crippen LogP contribution in [0.5, 0.6) is 0 Å². The smallest absolute Gasteiger partial charge is 0.223 e. The van der Waals surface area contributed by atoms with Gasteiger partial charge in [0.2, 0.25) is 5.91 Å². The van der Waals surface area contributed by atoms with Gasteiger partial charge in [0, 0.05) is 33.1 Å². The maximum Gasteiger partial charge on any atom is 0.223 e. The Kier molecular flexibility index (Phi) is 6.60. The second-order valence-electron chi connectivity index (χ2n) is 5.41. The van der Waals surface area contributed by atoms with E-state index in [1.54, 1.807) is 0 Å². The van der Waals surface area contributed by atoms with Crippen LogP contribution in [0.2, 0.25) is 0 Å². The fraction of sp³-hybridized carbons (Fsp3) is 0.923. The van der Waals surface area contributed by atoms with Gasteiger partial charge in [0.15, 0.2) is 0 Å². The van der Waals surface area contributed by atoms with Crippen molar-refractivity contribution in [1.82, 2.24) is 9.80 Å². The molecule has 1 fully saturated rings. The van der Waals surface area contributed by atoms with Crippen molar-refractivity contribution < 1.29 is 9.90 Å². The molecule has 0 aromatic carbocycles. The summed E-state index contributed by atoms with van der Waals surface area (Å²) >= 11 is 0. The first-order valence-electron chi connectivity index (χ1n) is 6.87. The van der Waals surface area contributed by atoms with E-state index in [1.165, 1.54) is 0 Å². The monoisotopic (exact) mass is 257 g/mol. The molecule has 0 saturated carbocycles. The number of amides is 1. The first kappa shape index (κ1) is 15.4. The van der Waals surface area contributed by atoms with Crippen molar-refractivity contribution in [3.63, 3.8) is 0 Å². The lowest BCUT2D eigenvalue weighted by atomic mass is 9.96. The number of aliphatic hydroxyl groups is 1. The molecule has 1 atom stereocenters. The van der Waals surface area contributed by atoms with Crippen molar-refractivity contribution in [3.05, 3.63) is 0 Å². The maximum absolute atomic E-state index is 11.6. The van der Waals surface area contributed by atoms with Gasteiger partial charge < -0.3 is 20.6 Å². The zero-order chi connectivity index (χ0) is 13.5. The van der Waals surface area contributed by atoms with E-state index in [-0.39, 0.29) is 12.0 Å². The lowest BCUT2D eigenvalue weighted by Gasteiger charge is -2.34. The lowest BCUT2D eigenvalue weighted by Crippen LogP contribution is -2.41. The van der Waals surface area contributed by atoms with Crippen LogP contribution in [0.15, 0.2) is 0 Å². The molecule has 1 aliphatic rings. The summed E-state index contributed by atoms with van der Waals surface area (Å²) in [5, 5.41) is 9.34. The molecule has 0 radical (unpaired) electrons. The van der Waals surface area contributed by atoms with Gasteiger partial charge in [-0.3, -0.25) is 4.79 Å². The molecule has 1 amide bonds. The van der Waals surface area contributed by atoms with Crippen molar-refractivity contribution >= 4 is 5.91 Å². The quantitative estimate of drug-likeness (QED) is 0.696. The number of nitrogens with two attached hydrogens (primary N) is 1. The number of hydrogen-bond donors (Lipinski definition) is 2. The van der Waals surface area contributed by atoms with Crippen LogP contribution >= 0.6 is 0 Å². The third-order valence-electron chi connectivity index (χ3n) is 3.55. The molecular weight excluding hydrogens is 230 g/mol. The van der Waals surface area contributed by atoms with Crippen LogP contribution < -0.4 is 5.73 Å². The van der Waals surface area contributed by atoms with Gasteiger partial charge in [-0.1, -0.05) is 0 Å². The molecule has 0 spiro atoms. The topological polar surface area (TPSA) is 69.8 Å². The predicted octanol–water partition coefficient (Wildman–Crippen LogP) is -0.114. The summed E-state index contributed by atoms with van der Waals surface area (Å²) in [4.78, 5) is 15.7. The Morgan fingerprint density at radius 3 is 2.61 bits per heavy atom. The van der Waals surface area contributed by atoms with Crippen molar-refractivity contribution in [2.45, 2.75) is 32.3 Å². The Bertz CT molecular complexity index is 251. The Morgan fingerprint density at radius 2 is 2.11 bits per heavy atom. The Morgan fingerprint density at radius 1 is 1.50 bits per heavy atom. The molecule has 1 rings (SSSR count). The molecule has 18 heavy (non-hydrogen) atoms. The van der Waals surface area contributed by atoms with Crippen LogP contribution in [0.1, 0.15) is 26.2 Å². The Balaban J connectivity index is 2.24. The van der Waals surface area contributed by atoms with E-state index in [2.05, 4.69) is 4.90 Å². The molecular formula is C13H27N3O2. The highest BCUT2D eigenvalue weighted by Gasteiger charge is 2.22. The van der Waals surface area contributed by atoms with Crippen LogP contribution in [0.3, 0.4) is 0 Å². The van der Waals surface area contributed by atoms with Crippen molar-refractivity contribution in [1.29, 1.82) is 0 Å². The minimum Gasteiger partial charge on any atom is -0.392 e. The standard InChI is InChI=1S/C13H27N3O2/c1-11(17)9-16-7-4-12(5-8-16)10-15(2)13(18)3-6-14/h11-12,17H,3-10,14H2,1-2H3. The van der Waals surface area contributed by atoms with Gasteiger partial charge in [0.25, 0.3) is 0 Å². The number of piperidine rings is 1. The fourth-order valence-corrected chi connectivity index (χ4v) is 2.53. The summed E-state index contributed by atoms with van der Waals surface area (Å²) in [5.41, 5.74) is 5.39. The highest BCUT2D eigenvalue weighted by atomic mass is 16.3. The van der Waals surface area contributed by atoms with E-state index in [0.717, 1.165) is 39.0 Å². The molecule has 5 nitrogen and oxygen atoms in total. The van der Waals surface area contributed by atoms with Crippen molar-refractivity contribution in [2.24, 2.45) is 11.7 Å². The molecule has 0 aromatic rings. The minimum absolute atomic E-state index is 0.143. The van der Waals surface area contributed by atoms with Gasteiger partial charge in [0.05, 0.1) is 6.10 Å². The summed E-state index contributed by atoms with van der Waals surface area (Å²) < 4.78 is 0. The molecule has 0 bridgehead atoms. The average Bonchev–Trinajstić information content (AvgIpc) is 2.31. The number of β-amino-alcohol motifs (C(OH)–C–C–N with tert-alkyl or cyclic N) is 1. The largest absolute Gasteiger partial charge is 0.392 e. The van der Waals surface area contributed by atoms with E-state index in [4.69, 9.17) is 5.73 Å². The van der Waals surface area contributed by atoms with Crippen molar-refractivity contribution in [2.75, 3.05) is 39.8 Å². The Labute approximate surface area is 110 Å². The summed E-state index contributed by atoms with van der Waals surface area (Å²) in [6, 6.07) is 0. The van der Waals surface area contributed by atoms with E-state index < -0.39 is 0 Å². The van der Waals surface area contributed by atoms with E-state index >= 15 is 0 Å². The second-order valence-corrected chi connectivity index (χ2v) is 5.41. The first-order chi connectivity index (χ1) is 8.52. The number of hydrogen-bond acceptors (Lipinski definition) is 4. The molecule has 1 saturated heterocycles. The fourth-order valence-electron chi connectivity index (χ4n) is 2.53. The van der Waals surface area contributed by atoms with Crippen LogP contribution in [0, 0.1) is 5.92 Å². The van der Waals surface area contributed by atoms with E-state index in [9.17, 15) is 9.90 Å². The number of carbonyl (C=O) groups is 1. The average molecular weight is 257 g/mol. The van der Waals surface area contributed by atoms with Gasteiger partial charge in [-0.25, -0.2) is 0 Å². The molecule has 1 aliphatic heterocycles. The predicted molar refractivity (Wildman–Crippen MR) is 72.2 cm³/mol. The third-order valence-corrected chi connectivity index (χ3v) is 3.55. The highest BCUT2D eigenvalue weighted by Crippen LogP contribution is 2.18. The molecule has 5 heteroatoms. The summed E-state index contributed by atoms with van der Waals surface area (Å²) in [5.74, 6) is 0.728. The zero-order valence-corrected chi connectivity index (χ0v) is 11.6. The number of rotatable bonds is 6. The number of likely N-dealkylation sites (tertiary alicyclic amines) is 1. The van der Waals surface area contributed by atoms with E-state index in [1.807, 2.05) is 18.9 Å². The number of aliphatic hydroxyl groups excluding tert-OH is 1. The SMILES string of the molecule is CC(O)CN1CCC(CN(C)C(=O)CCN)CC1. The van der Waals surface area contributed by atoms with Crippen LogP contribution in [-0.2, 0) is 4.79 Å². The van der Waals surface area contributed by atoms with Gasteiger partial charge in [-0.2, -0.15) is 0 Å². The third kappa shape index (κ3) is 5.33. The molecule has 106 valence electrons. The number of nitrogens with zero attached hydrogens (tertiary/aromatic N) is 2. The van der Waals surface area contributed by atoms with Crippen LogP contribution in [-0.4, -0.2) is 66.7 Å². The minimum atomic E-state index is -0.254. The maximum atomic E-state index is 11.6. The van der Waals surface area contributed by atoms with E-state index in [0.29, 0.717) is 18.9 Å². The first-order valence-corrected chi connectivity index (χ1v) is 6.87. The summed E-state index contributed by atoms with van der Waals surface area (Å²) in [6.07, 6.45) is 2.40. The highest BCUT2D eigenvalue weighted by molar-refractivity contribution is 5.76. The molecule has 0 aliphatic carbocycles. The molecule has 1 heterocycles. The van der Waals surface area contributed by atoms with Gasteiger partial charge in [-0.15, -0.1) is 0 Å². The van der Waals surface area contributed by atoms with Gasteiger partial charge >= 0.3 is 0 Å². The zero-order valence-electron chi connectivity index (χ0n) is 11.6.